The molecular weight excluding hydrogens is 472 g/mol. The third-order valence-corrected chi connectivity index (χ3v) is 8.55. The smallest absolute Gasteiger partial charge is 0.234 e. The molecule has 0 saturated carbocycles. The fourth-order valence-corrected chi connectivity index (χ4v) is 6.01. The second-order valence-corrected chi connectivity index (χ2v) is 12.2. The summed E-state index contributed by atoms with van der Waals surface area (Å²) < 4.78 is 5.16. The highest BCUT2D eigenvalue weighted by Crippen LogP contribution is 2.15. The van der Waals surface area contributed by atoms with Gasteiger partial charge in [0.15, 0.2) is 0 Å². The first-order valence-electron chi connectivity index (χ1n) is 17.5. The predicted octanol–water partition coefficient (Wildman–Crippen LogP) is 11.2. The summed E-state index contributed by atoms with van der Waals surface area (Å²) in [6.45, 7) is 6.96. The second kappa shape index (κ2) is 24.2. The first-order valence-corrected chi connectivity index (χ1v) is 17.5. The van der Waals surface area contributed by atoms with Crippen molar-refractivity contribution in [3.05, 3.63) is 54.1 Å². The van der Waals surface area contributed by atoms with Crippen LogP contribution in [0.2, 0.25) is 0 Å². The third kappa shape index (κ3) is 17.0. The van der Waals surface area contributed by atoms with E-state index in [1.165, 1.54) is 166 Å². The Kier molecular flexibility index (Phi) is 20.9. The van der Waals surface area contributed by atoms with Crippen molar-refractivity contribution in [1.82, 2.24) is 4.57 Å². The van der Waals surface area contributed by atoms with Gasteiger partial charge in [0, 0.05) is 6.42 Å². The summed E-state index contributed by atoms with van der Waals surface area (Å²) in [5, 5.41) is 0. The van der Waals surface area contributed by atoms with Crippen LogP contribution in [0.25, 0.3) is 0 Å². The van der Waals surface area contributed by atoms with Crippen LogP contribution in [0.15, 0.2) is 42.7 Å². The monoisotopic (exact) mass is 538 g/mol. The summed E-state index contributed by atoms with van der Waals surface area (Å²) in [5.74, 6) is 1.57. The fourth-order valence-electron chi connectivity index (χ4n) is 6.01. The van der Waals surface area contributed by atoms with Crippen molar-refractivity contribution < 1.29 is 4.57 Å². The van der Waals surface area contributed by atoms with Crippen LogP contribution >= 0.6 is 0 Å². The molecule has 0 bridgehead atoms. The van der Waals surface area contributed by atoms with Gasteiger partial charge in [-0.1, -0.05) is 160 Å². The van der Waals surface area contributed by atoms with Crippen LogP contribution in [0, 0.1) is 0 Å². The maximum atomic E-state index is 2.59. The Bertz CT molecular complexity index is 778. The van der Waals surface area contributed by atoms with Gasteiger partial charge in [-0.05, 0) is 37.7 Å². The van der Waals surface area contributed by atoms with Gasteiger partial charge in [0.1, 0.15) is 12.4 Å². The summed E-state index contributed by atoms with van der Waals surface area (Å²) >= 11 is 0. The molecule has 0 fully saturated rings. The molecule has 1 aromatic heterocycles. The quantitative estimate of drug-likeness (QED) is 0.0791. The molecule has 39 heavy (non-hydrogen) atoms. The van der Waals surface area contributed by atoms with Crippen molar-refractivity contribution in [3.63, 3.8) is 0 Å². The summed E-state index contributed by atoms with van der Waals surface area (Å²) in [5.41, 5.74) is 1.47. The molecule has 0 aliphatic rings. The van der Waals surface area contributed by atoms with E-state index in [9.17, 15) is 0 Å². The number of unbranched alkanes of at least 4 members (excludes halogenated alkanes) is 19. The molecule has 0 spiro atoms. The Balaban J connectivity index is 1.61. The molecule has 0 aliphatic heterocycles. The Morgan fingerprint density at radius 2 is 1.00 bits per heavy atom. The van der Waals surface area contributed by atoms with Crippen LogP contribution in [0.1, 0.15) is 166 Å². The van der Waals surface area contributed by atoms with Gasteiger partial charge in [-0.25, -0.2) is 9.13 Å². The highest BCUT2D eigenvalue weighted by molar-refractivity contribution is 5.14. The first-order chi connectivity index (χ1) is 19.3. The lowest BCUT2D eigenvalue weighted by molar-refractivity contribution is -0.704. The standard InChI is InChI=1S/C37H65N2/c1-3-5-7-9-11-12-13-14-15-16-17-18-19-21-26-32-38-34-35-39(33-27-30-36-28-23-22-24-29-36)37(38)31-25-20-10-8-6-4-2/h22-24,28-29,34-35H,3-21,25-27,30-33H2,1-2H3/q+1. The number of aromatic nitrogens is 2. The highest BCUT2D eigenvalue weighted by Gasteiger charge is 2.16. The van der Waals surface area contributed by atoms with Crippen LogP contribution in [0.3, 0.4) is 0 Å². The van der Waals surface area contributed by atoms with E-state index in [1.54, 1.807) is 5.82 Å². The first kappa shape index (κ1) is 33.6. The van der Waals surface area contributed by atoms with Crippen molar-refractivity contribution in [1.29, 1.82) is 0 Å². The zero-order chi connectivity index (χ0) is 27.6. The van der Waals surface area contributed by atoms with Gasteiger partial charge >= 0.3 is 0 Å². The van der Waals surface area contributed by atoms with Gasteiger partial charge in [-0.2, -0.15) is 0 Å². The molecular formula is C37H65N2+. The Labute approximate surface area is 244 Å². The maximum Gasteiger partial charge on any atom is 0.256 e. The van der Waals surface area contributed by atoms with Crippen molar-refractivity contribution in [2.45, 2.75) is 181 Å². The van der Waals surface area contributed by atoms with E-state index in [4.69, 9.17) is 0 Å². The van der Waals surface area contributed by atoms with E-state index in [0.717, 1.165) is 6.54 Å². The Hall–Kier alpha value is -1.57. The molecule has 0 radical (unpaired) electrons. The van der Waals surface area contributed by atoms with Crippen molar-refractivity contribution >= 4 is 0 Å². The topological polar surface area (TPSA) is 8.81 Å². The molecule has 0 unspecified atom stereocenters. The minimum absolute atomic E-state index is 1.14. The number of aryl methyl sites for hydroxylation is 3. The largest absolute Gasteiger partial charge is 0.256 e. The number of rotatable bonds is 27. The van der Waals surface area contributed by atoms with Crippen LogP contribution in [0.4, 0.5) is 0 Å². The van der Waals surface area contributed by atoms with E-state index in [-0.39, 0.29) is 0 Å². The lowest BCUT2D eigenvalue weighted by Gasteiger charge is -2.07. The van der Waals surface area contributed by atoms with Crippen molar-refractivity contribution in [3.8, 4) is 0 Å². The average molecular weight is 538 g/mol. The van der Waals surface area contributed by atoms with Crippen LogP contribution in [-0.2, 0) is 25.9 Å². The number of hydrogen-bond donors (Lipinski definition) is 0. The van der Waals surface area contributed by atoms with E-state index in [1.807, 2.05) is 0 Å². The minimum Gasteiger partial charge on any atom is -0.234 e. The molecule has 0 atom stereocenters. The van der Waals surface area contributed by atoms with Gasteiger partial charge in [0.25, 0.3) is 5.82 Å². The molecule has 1 heterocycles. The minimum atomic E-state index is 1.14. The average Bonchev–Trinajstić information content (AvgIpc) is 3.34. The highest BCUT2D eigenvalue weighted by atomic mass is 15.1. The molecule has 2 rings (SSSR count). The third-order valence-electron chi connectivity index (χ3n) is 8.55. The van der Waals surface area contributed by atoms with E-state index in [0.29, 0.717) is 0 Å². The van der Waals surface area contributed by atoms with Crippen molar-refractivity contribution in [2.75, 3.05) is 0 Å². The van der Waals surface area contributed by atoms with Gasteiger partial charge in [0.05, 0.1) is 13.1 Å². The molecule has 0 aliphatic carbocycles. The summed E-state index contributed by atoms with van der Waals surface area (Å²) in [6.07, 6.45) is 38.2. The molecule has 222 valence electrons. The molecule has 1 aromatic carbocycles. The molecule has 0 N–H and O–H groups in total. The Morgan fingerprint density at radius 1 is 0.513 bits per heavy atom. The molecule has 2 aromatic rings. The van der Waals surface area contributed by atoms with Crippen LogP contribution < -0.4 is 4.57 Å². The zero-order valence-corrected chi connectivity index (χ0v) is 26.3. The number of nitrogens with zero attached hydrogens (tertiary/aromatic N) is 2. The van der Waals surface area contributed by atoms with Gasteiger partial charge in [-0.15, -0.1) is 0 Å². The van der Waals surface area contributed by atoms with Crippen LogP contribution in [0.5, 0.6) is 0 Å². The number of hydrogen-bond acceptors (Lipinski definition) is 0. The number of benzene rings is 1. The summed E-state index contributed by atoms with van der Waals surface area (Å²) in [7, 11) is 0. The van der Waals surface area contributed by atoms with E-state index >= 15 is 0 Å². The summed E-state index contributed by atoms with van der Waals surface area (Å²) in [4.78, 5) is 0. The lowest BCUT2D eigenvalue weighted by Crippen LogP contribution is -2.37. The number of imidazole rings is 1. The summed E-state index contributed by atoms with van der Waals surface area (Å²) in [6, 6.07) is 11.0. The maximum absolute atomic E-state index is 2.59. The molecule has 2 heteroatoms. The van der Waals surface area contributed by atoms with E-state index in [2.05, 4.69) is 65.7 Å². The van der Waals surface area contributed by atoms with Gasteiger partial charge in [-0.3, -0.25) is 0 Å². The van der Waals surface area contributed by atoms with Crippen LogP contribution in [-0.4, -0.2) is 4.57 Å². The van der Waals surface area contributed by atoms with Gasteiger partial charge in [0.2, 0.25) is 0 Å². The zero-order valence-electron chi connectivity index (χ0n) is 26.3. The predicted molar refractivity (Wildman–Crippen MR) is 171 cm³/mol. The molecule has 0 saturated heterocycles. The molecule has 2 nitrogen and oxygen atoms in total. The van der Waals surface area contributed by atoms with Gasteiger partial charge < -0.3 is 0 Å². The fraction of sp³-hybridized carbons (Fsp3) is 0.757. The van der Waals surface area contributed by atoms with E-state index < -0.39 is 0 Å². The Morgan fingerprint density at radius 3 is 1.54 bits per heavy atom. The molecule has 0 amide bonds. The SMILES string of the molecule is CCCCCCCCCCCCCCCCCn1cc[n+](CCCc2ccccc2)c1CCCCCCCC. The van der Waals surface area contributed by atoms with Crippen molar-refractivity contribution in [2.24, 2.45) is 0 Å². The normalized spacial score (nSPS) is 11.4. The second-order valence-electron chi connectivity index (χ2n) is 12.2. The lowest BCUT2D eigenvalue weighted by atomic mass is 10.0.